The fraction of sp³-hybridized carbons (Fsp3) is 0.0870. The maximum absolute atomic E-state index is 6.07. The van der Waals surface area contributed by atoms with Crippen LogP contribution in [0, 0.1) is 13.8 Å². The Labute approximate surface area is 173 Å². The molecule has 0 aliphatic carbocycles. The molecule has 6 heteroatoms. The van der Waals surface area contributed by atoms with Gasteiger partial charge in [-0.3, -0.25) is 0 Å². The number of rotatable bonds is 3. The lowest BCUT2D eigenvalue weighted by molar-refractivity contribution is 0.756. The normalized spacial score (nSPS) is 11.3. The first kappa shape index (κ1) is 17.6. The van der Waals surface area contributed by atoms with Crippen LogP contribution in [0.3, 0.4) is 0 Å². The number of hydrogen-bond acceptors (Lipinski definition) is 3. The van der Waals surface area contributed by atoms with Gasteiger partial charge < -0.3 is 0 Å². The molecule has 0 bridgehead atoms. The molecule has 5 aromatic rings. The van der Waals surface area contributed by atoms with Crippen molar-refractivity contribution >= 4 is 17.2 Å². The van der Waals surface area contributed by atoms with Gasteiger partial charge in [0.2, 0.25) is 0 Å². The first-order valence-corrected chi connectivity index (χ1v) is 9.72. The summed E-state index contributed by atoms with van der Waals surface area (Å²) in [5.41, 5.74) is 6.65. The van der Waals surface area contributed by atoms with Crippen molar-refractivity contribution in [1.82, 2.24) is 24.4 Å². The Morgan fingerprint density at radius 1 is 0.862 bits per heavy atom. The first-order valence-electron chi connectivity index (χ1n) is 9.34. The second-order valence-corrected chi connectivity index (χ2v) is 7.44. The van der Waals surface area contributed by atoms with Gasteiger partial charge in [-0.2, -0.15) is 14.7 Å². The number of fused-ring (bicyclic) bond motifs is 1. The molecule has 142 valence electrons. The van der Waals surface area contributed by atoms with E-state index in [1.807, 2.05) is 77.8 Å². The van der Waals surface area contributed by atoms with E-state index in [2.05, 4.69) is 28.4 Å². The molecule has 0 fully saturated rings. The predicted octanol–water partition coefficient (Wildman–Crippen LogP) is 5.52. The van der Waals surface area contributed by atoms with Crippen LogP contribution in [-0.4, -0.2) is 24.4 Å². The van der Waals surface area contributed by atoms with Crippen molar-refractivity contribution in [3.63, 3.8) is 0 Å². The number of hydrogen-bond donors (Lipinski definition) is 0. The molecule has 29 heavy (non-hydrogen) atoms. The lowest BCUT2D eigenvalue weighted by Gasteiger charge is -2.11. The summed E-state index contributed by atoms with van der Waals surface area (Å²) in [6, 6.07) is 22.0. The molecule has 0 amide bonds. The largest absolute Gasteiger partial charge is 0.228 e. The molecule has 5 rings (SSSR count). The summed E-state index contributed by atoms with van der Waals surface area (Å²) in [6.45, 7) is 4.03. The molecule has 0 spiro atoms. The lowest BCUT2D eigenvalue weighted by Crippen LogP contribution is -2.08. The highest BCUT2D eigenvalue weighted by Crippen LogP contribution is 2.29. The highest BCUT2D eigenvalue weighted by Gasteiger charge is 2.17. The summed E-state index contributed by atoms with van der Waals surface area (Å²) >= 11 is 6.07. The molecule has 5 nitrogen and oxygen atoms in total. The van der Waals surface area contributed by atoms with Gasteiger partial charge in [0.1, 0.15) is 0 Å². The van der Waals surface area contributed by atoms with Gasteiger partial charge in [-0.05, 0) is 37.6 Å². The Balaban J connectivity index is 1.82. The molecule has 0 radical (unpaired) electrons. The van der Waals surface area contributed by atoms with Gasteiger partial charge in [-0.25, -0.2) is 9.67 Å². The fourth-order valence-electron chi connectivity index (χ4n) is 3.55. The number of aromatic nitrogens is 5. The third-order valence-electron chi connectivity index (χ3n) is 4.90. The maximum atomic E-state index is 6.07. The highest BCUT2D eigenvalue weighted by atomic mass is 35.5. The molecule has 3 aromatic heterocycles. The van der Waals surface area contributed by atoms with Gasteiger partial charge in [0.25, 0.3) is 0 Å². The second kappa shape index (κ2) is 6.87. The van der Waals surface area contributed by atoms with E-state index in [1.165, 1.54) is 0 Å². The van der Waals surface area contributed by atoms with E-state index in [0.29, 0.717) is 5.02 Å². The van der Waals surface area contributed by atoms with Gasteiger partial charge in [-0.15, -0.1) is 0 Å². The highest BCUT2D eigenvalue weighted by molar-refractivity contribution is 6.30. The van der Waals surface area contributed by atoms with Crippen molar-refractivity contribution in [2.24, 2.45) is 0 Å². The van der Waals surface area contributed by atoms with E-state index in [1.54, 1.807) is 0 Å². The summed E-state index contributed by atoms with van der Waals surface area (Å²) in [7, 11) is 0. The van der Waals surface area contributed by atoms with Crippen LogP contribution in [0.2, 0.25) is 5.02 Å². The Bertz CT molecular complexity index is 1320. The van der Waals surface area contributed by atoms with Gasteiger partial charge >= 0.3 is 0 Å². The van der Waals surface area contributed by atoms with Crippen LogP contribution in [0.15, 0.2) is 72.9 Å². The SMILES string of the molecule is Cc1cc(C)n(-c2cc(-c3ccccc3)nc3c(-c4ccc(Cl)cc4)cnn23)n1. The zero-order valence-electron chi connectivity index (χ0n) is 16.0. The Hall–Kier alpha value is -3.44. The fourth-order valence-corrected chi connectivity index (χ4v) is 3.67. The van der Waals surface area contributed by atoms with E-state index in [-0.39, 0.29) is 0 Å². The third kappa shape index (κ3) is 3.09. The van der Waals surface area contributed by atoms with Gasteiger partial charge in [0.05, 0.1) is 17.6 Å². The number of aryl methyl sites for hydroxylation is 2. The monoisotopic (exact) mass is 399 g/mol. The van der Waals surface area contributed by atoms with Crippen molar-refractivity contribution in [3.8, 4) is 28.2 Å². The molecule has 3 heterocycles. The average Bonchev–Trinajstić information content (AvgIpc) is 3.31. The average molecular weight is 400 g/mol. The molecule has 0 unspecified atom stereocenters. The van der Waals surface area contributed by atoms with Crippen LogP contribution in [0.5, 0.6) is 0 Å². The van der Waals surface area contributed by atoms with Crippen LogP contribution in [0.1, 0.15) is 11.4 Å². The summed E-state index contributed by atoms with van der Waals surface area (Å²) in [5.74, 6) is 0.847. The van der Waals surface area contributed by atoms with Gasteiger partial charge in [0, 0.05) is 27.9 Å². The van der Waals surface area contributed by atoms with Crippen LogP contribution in [0.4, 0.5) is 0 Å². The Morgan fingerprint density at radius 3 is 2.31 bits per heavy atom. The molecule has 2 aromatic carbocycles. The van der Waals surface area contributed by atoms with Crippen LogP contribution in [0.25, 0.3) is 33.8 Å². The maximum Gasteiger partial charge on any atom is 0.165 e. The van der Waals surface area contributed by atoms with E-state index in [4.69, 9.17) is 16.6 Å². The zero-order chi connectivity index (χ0) is 20.0. The van der Waals surface area contributed by atoms with Crippen LogP contribution >= 0.6 is 11.6 Å². The zero-order valence-corrected chi connectivity index (χ0v) is 16.8. The van der Waals surface area contributed by atoms with Gasteiger partial charge in [0.15, 0.2) is 11.5 Å². The molecule has 0 saturated heterocycles. The summed E-state index contributed by atoms with van der Waals surface area (Å²) in [4.78, 5) is 4.95. The van der Waals surface area contributed by atoms with E-state index in [0.717, 1.165) is 45.2 Å². The van der Waals surface area contributed by atoms with E-state index in [9.17, 15) is 0 Å². The molecule has 0 aliphatic heterocycles. The molecule has 0 atom stereocenters. The second-order valence-electron chi connectivity index (χ2n) is 7.01. The molecule has 0 aliphatic rings. The summed E-state index contributed by atoms with van der Waals surface area (Å²) < 4.78 is 3.75. The Morgan fingerprint density at radius 2 is 1.62 bits per heavy atom. The molecular formula is C23H18ClN5. The number of halogens is 1. The molecular weight excluding hydrogens is 382 g/mol. The smallest absolute Gasteiger partial charge is 0.165 e. The number of benzene rings is 2. The number of nitrogens with zero attached hydrogens (tertiary/aromatic N) is 5. The molecule has 0 saturated carbocycles. The van der Waals surface area contributed by atoms with Crippen LogP contribution < -0.4 is 0 Å². The minimum absolute atomic E-state index is 0.700. The minimum Gasteiger partial charge on any atom is -0.228 e. The van der Waals surface area contributed by atoms with Crippen LogP contribution in [-0.2, 0) is 0 Å². The van der Waals surface area contributed by atoms with E-state index < -0.39 is 0 Å². The van der Waals surface area contributed by atoms with Crippen molar-refractivity contribution in [3.05, 3.63) is 89.3 Å². The Kier molecular flexibility index (Phi) is 4.18. The van der Waals surface area contributed by atoms with Crippen molar-refractivity contribution in [2.75, 3.05) is 0 Å². The quantitative estimate of drug-likeness (QED) is 0.401. The van der Waals surface area contributed by atoms with Crippen molar-refractivity contribution in [2.45, 2.75) is 13.8 Å². The lowest BCUT2D eigenvalue weighted by atomic mass is 10.1. The van der Waals surface area contributed by atoms with Gasteiger partial charge in [-0.1, -0.05) is 54.1 Å². The summed E-state index contributed by atoms with van der Waals surface area (Å²) in [6.07, 6.45) is 1.84. The van der Waals surface area contributed by atoms with E-state index >= 15 is 0 Å². The standard InChI is InChI=1S/C23H18ClN5/c1-15-12-16(2)28(27-15)22-13-21(18-6-4-3-5-7-18)26-23-20(14-25-29(22)23)17-8-10-19(24)11-9-17/h3-14H,1-2H3. The topological polar surface area (TPSA) is 48.0 Å². The minimum atomic E-state index is 0.700. The molecule has 0 N–H and O–H groups in total. The summed E-state index contributed by atoms with van der Waals surface area (Å²) in [5, 5.41) is 10.0. The first-order chi connectivity index (χ1) is 14.1. The van der Waals surface area contributed by atoms with Crippen molar-refractivity contribution in [1.29, 1.82) is 0 Å². The van der Waals surface area contributed by atoms with Crippen molar-refractivity contribution < 1.29 is 0 Å². The predicted molar refractivity (Wildman–Crippen MR) is 115 cm³/mol. The third-order valence-corrected chi connectivity index (χ3v) is 5.16.